The zero-order valence-electron chi connectivity index (χ0n) is 13.1. The molecule has 0 radical (unpaired) electrons. The molecule has 2 N–H and O–H groups in total. The molecule has 0 bridgehead atoms. The van der Waals surface area contributed by atoms with Crippen LogP contribution in [0.3, 0.4) is 0 Å². The predicted octanol–water partition coefficient (Wildman–Crippen LogP) is 4.62. The van der Waals surface area contributed by atoms with E-state index in [1.165, 1.54) is 0 Å². The quantitative estimate of drug-likeness (QED) is 0.865. The smallest absolute Gasteiger partial charge is 0.229 e. The van der Waals surface area contributed by atoms with E-state index in [1.54, 1.807) is 0 Å². The third-order valence-corrected chi connectivity index (χ3v) is 3.26. The van der Waals surface area contributed by atoms with Gasteiger partial charge in [-0.2, -0.15) is 4.98 Å². The Balaban J connectivity index is 2.33. The van der Waals surface area contributed by atoms with Crippen molar-refractivity contribution in [2.45, 2.75) is 40.7 Å². The fourth-order valence-electron chi connectivity index (χ4n) is 2.18. The Kier molecular flexibility index (Phi) is 4.68. The summed E-state index contributed by atoms with van der Waals surface area (Å²) in [5.74, 6) is 1.35. The molecule has 0 aliphatic rings. The van der Waals surface area contributed by atoms with Gasteiger partial charge in [0.15, 0.2) is 0 Å². The first kappa shape index (κ1) is 15.6. The van der Waals surface area contributed by atoms with Crippen molar-refractivity contribution in [1.82, 2.24) is 9.97 Å². The number of aryl methyl sites for hydroxylation is 3. The molecule has 0 aliphatic heterocycles. The van der Waals surface area contributed by atoms with Crippen molar-refractivity contribution >= 4 is 29.1 Å². The fraction of sp³-hybridized carbons (Fsp3) is 0.375. The molecule has 4 nitrogen and oxygen atoms in total. The second-order valence-electron chi connectivity index (χ2n) is 5.58. The van der Waals surface area contributed by atoms with Crippen molar-refractivity contribution in [3.05, 3.63) is 40.0 Å². The van der Waals surface area contributed by atoms with Crippen LogP contribution in [0.1, 0.15) is 30.7 Å². The van der Waals surface area contributed by atoms with Crippen LogP contribution >= 0.6 is 11.6 Å². The van der Waals surface area contributed by atoms with Crippen molar-refractivity contribution in [3.63, 3.8) is 0 Å². The third-order valence-electron chi connectivity index (χ3n) is 2.96. The first-order chi connectivity index (χ1) is 9.85. The molecule has 0 fully saturated rings. The van der Waals surface area contributed by atoms with E-state index in [-0.39, 0.29) is 0 Å². The molecule has 1 heterocycles. The molecule has 0 aliphatic carbocycles. The fourth-order valence-corrected chi connectivity index (χ4v) is 2.55. The highest BCUT2D eigenvalue weighted by atomic mass is 35.5. The summed E-state index contributed by atoms with van der Waals surface area (Å²) in [6.07, 6.45) is 0. The molecule has 112 valence electrons. The Morgan fingerprint density at radius 1 is 1.05 bits per heavy atom. The number of nitrogens with one attached hydrogen (secondary N) is 2. The lowest BCUT2D eigenvalue weighted by atomic mass is 10.1. The normalized spacial score (nSPS) is 10.8. The van der Waals surface area contributed by atoms with Crippen LogP contribution in [0, 0.1) is 20.8 Å². The van der Waals surface area contributed by atoms with Gasteiger partial charge in [-0.3, -0.25) is 0 Å². The second-order valence-corrected chi connectivity index (χ2v) is 5.99. The van der Waals surface area contributed by atoms with Crippen LogP contribution in [0.2, 0.25) is 5.02 Å². The highest BCUT2D eigenvalue weighted by Gasteiger charge is 2.09. The molecular formula is C16H21ClN4. The molecular weight excluding hydrogens is 284 g/mol. The predicted molar refractivity (Wildman–Crippen MR) is 89.7 cm³/mol. The maximum atomic E-state index is 6.31. The van der Waals surface area contributed by atoms with Crippen LogP contribution in [0.5, 0.6) is 0 Å². The summed E-state index contributed by atoms with van der Waals surface area (Å²) in [7, 11) is 0. The number of aromatic nitrogens is 2. The van der Waals surface area contributed by atoms with Crippen molar-refractivity contribution < 1.29 is 0 Å². The van der Waals surface area contributed by atoms with Crippen LogP contribution in [0.4, 0.5) is 17.5 Å². The zero-order chi connectivity index (χ0) is 15.6. The lowest BCUT2D eigenvalue weighted by Gasteiger charge is -2.14. The van der Waals surface area contributed by atoms with Crippen molar-refractivity contribution in [2.24, 2.45) is 0 Å². The van der Waals surface area contributed by atoms with Gasteiger partial charge in [0, 0.05) is 17.8 Å². The number of hydrogen-bond acceptors (Lipinski definition) is 4. The zero-order valence-corrected chi connectivity index (χ0v) is 13.8. The average molecular weight is 305 g/mol. The van der Waals surface area contributed by atoms with Gasteiger partial charge in [-0.25, -0.2) is 4.98 Å². The van der Waals surface area contributed by atoms with Gasteiger partial charge < -0.3 is 10.6 Å². The van der Waals surface area contributed by atoms with Crippen LogP contribution in [-0.2, 0) is 0 Å². The molecule has 21 heavy (non-hydrogen) atoms. The number of nitrogens with zero attached hydrogens (tertiary/aromatic N) is 2. The Hall–Kier alpha value is -1.81. The monoisotopic (exact) mass is 304 g/mol. The number of rotatable bonds is 4. The molecule has 1 aromatic carbocycles. The number of hydrogen-bond donors (Lipinski definition) is 2. The van der Waals surface area contributed by atoms with Crippen LogP contribution in [0.25, 0.3) is 0 Å². The molecule has 0 atom stereocenters. The minimum absolute atomic E-state index is 0.317. The minimum Gasteiger partial charge on any atom is -0.368 e. The largest absolute Gasteiger partial charge is 0.368 e. The number of halogens is 1. The van der Waals surface area contributed by atoms with Gasteiger partial charge in [-0.15, -0.1) is 0 Å². The van der Waals surface area contributed by atoms with Gasteiger partial charge in [0.1, 0.15) is 5.82 Å². The van der Waals surface area contributed by atoms with E-state index in [4.69, 9.17) is 11.6 Å². The third kappa shape index (κ3) is 4.08. The summed E-state index contributed by atoms with van der Waals surface area (Å²) in [5, 5.41) is 7.19. The summed E-state index contributed by atoms with van der Waals surface area (Å²) in [6.45, 7) is 10.1. The summed E-state index contributed by atoms with van der Waals surface area (Å²) in [5.41, 5.74) is 3.96. The van der Waals surface area contributed by atoms with Crippen LogP contribution < -0.4 is 10.6 Å². The summed E-state index contributed by atoms with van der Waals surface area (Å²) in [4.78, 5) is 8.90. The van der Waals surface area contributed by atoms with Crippen LogP contribution in [-0.4, -0.2) is 16.0 Å². The van der Waals surface area contributed by atoms with Gasteiger partial charge in [0.05, 0.1) is 10.7 Å². The van der Waals surface area contributed by atoms with Gasteiger partial charge in [-0.1, -0.05) is 17.7 Å². The summed E-state index contributed by atoms with van der Waals surface area (Å²) >= 11 is 6.31. The highest BCUT2D eigenvalue weighted by Crippen LogP contribution is 2.29. The standard InChI is InChI=1S/C16H21ClN4/c1-9(2)18-14-8-12(5)19-16(20-14)21-15-11(4)6-10(3)7-13(15)17/h6-9H,1-5H3,(H2,18,19,20,21). The Morgan fingerprint density at radius 2 is 1.76 bits per heavy atom. The van der Waals surface area contributed by atoms with Crippen molar-refractivity contribution in [1.29, 1.82) is 0 Å². The minimum atomic E-state index is 0.317. The first-order valence-corrected chi connectivity index (χ1v) is 7.39. The average Bonchev–Trinajstić information content (AvgIpc) is 2.32. The van der Waals surface area contributed by atoms with E-state index >= 15 is 0 Å². The summed E-state index contributed by atoms with van der Waals surface area (Å²) in [6, 6.07) is 6.25. The van der Waals surface area contributed by atoms with E-state index in [1.807, 2.05) is 32.9 Å². The van der Waals surface area contributed by atoms with E-state index in [9.17, 15) is 0 Å². The van der Waals surface area contributed by atoms with Gasteiger partial charge in [0.25, 0.3) is 0 Å². The number of anilines is 3. The lowest BCUT2D eigenvalue weighted by molar-refractivity contribution is 0.885. The Bertz CT molecular complexity index is 630. The first-order valence-electron chi connectivity index (χ1n) is 7.01. The van der Waals surface area contributed by atoms with Gasteiger partial charge >= 0.3 is 0 Å². The maximum Gasteiger partial charge on any atom is 0.229 e. The van der Waals surface area contributed by atoms with E-state index in [2.05, 4.69) is 40.5 Å². The van der Waals surface area contributed by atoms with E-state index < -0.39 is 0 Å². The molecule has 0 saturated carbocycles. The Morgan fingerprint density at radius 3 is 2.38 bits per heavy atom. The molecule has 2 aromatic rings. The van der Waals surface area contributed by atoms with E-state index in [0.29, 0.717) is 17.0 Å². The second kappa shape index (κ2) is 6.31. The molecule has 2 rings (SSSR count). The molecule has 0 amide bonds. The van der Waals surface area contributed by atoms with Gasteiger partial charge in [0.2, 0.25) is 5.95 Å². The molecule has 0 saturated heterocycles. The Labute approximate surface area is 131 Å². The van der Waals surface area contributed by atoms with Crippen molar-refractivity contribution in [2.75, 3.05) is 10.6 Å². The SMILES string of the molecule is Cc1cc(C)c(Nc2nc(C)cc(NC(C)C)n2)c(Cl)c1. The van der Waals surface area contributed by atoms with E-state index in [0.717, 1.165) is 28.3 Å². The van der Waals surface area contributed by atoms with Crippen molar-refractivity contribution in [3.8, 4) is 0 Å². The topological polar surface area (TPSA) is 49.8 Å². The van der Waals surface area contributed by atoms with Crippen LogP contribution in [0.15, 0.2) is 18.2 Å². The summed E-state index contributed by atoms with van der Waals surface area (Å²) < 4.78 is 0. The molecule has 5 heteroatoms. The van der Waals surface area contributed by atoms with Gasteiger partial charge in [-0.05, 0) is 51.8 Å². The lowest BCUT2D eigenvalue weighted by Crippen LogP contribution is -2.12. The maximum absolute atomic E-state index is 6.31. The molecule has 0 spiro atoms. The number of benzene rings is 1. The molecule has 0 unspecified atom stereocenters. The molecule has 1 aromatic heterocycles. The highest BCUT2D eigenvalue weighted by molar-refractivity contribution is 6.33.